The summed E-state index contributed by atoms with van der Waals surface area (Å²) >= 11 is 0. The van der Waals surface area contributed by atoms with Gasteiger partial charge in [-0.05, 0) is 18.6 Å². The van der Waals surface area contributed by atoms with Crippen LogP contribution in [0.5, 0.6) is 0 Å². The topological polar surface area (TPSA) is 26.0 Å². The van der Waals surface area contributed by atoms with Gasteiger partial charge in [-0.15, -0.1) is 5.73 Å². The molecule has 0 spiro atoms. The summed E-state index contributed by atoms with van der Waals surface area (Å²) in [5.41, 5.74) is 8.18. The van der Waals surface area contributed by atoms with E-state index in [1.807, 2.05) is 24.3 Å². The molecule has 0 rings (SSSR count). The maximum atomic E-state index is 5.20. The molecule has 0 aliphatic heterocycles. The molecule has 0 radical (unpaired) electrons. The van der Waals surface area contributed by atoms with Crippen molar-refractivity contribution in [3.8, 4) is 0 Å². The third-order valence-electron chi connectivity index (χ3n) is 0.787. The van der Waals surface area contributed by atoms with Crippen molar-refractivity contribution in [3.05, 3.63) is 30.0 Å². The fourth-order valence-corrected chi connectivity index (χ4v) is 0.388. The van der Waals surface area contributed by atoms with Gasteiger partial charge in [-0.3, -0.25) is 0 Å². The lowest BCUT2D eigenvalue weighted by Crippen LogP contribution is -1.91. The Hall–Kier alpha value is -0.780. The quantitative estimate of drug-likeness (QED) is 0.448. The predicted octanol–water partition coefficient (Wildman–Crippen LogP) is 1.62. The summed E-state index contributed by atoms with van der Waals surface area (Å²) in [7, 11) is 0. The minimum atomic E-state index is 0.601. The minimum absolute atomic E-state index is 0.601. The predicted molar refractivity (Wildman–Crippen MR) is 41.1 cm³/mol. The monoisotopic (exact) mass is 123 g/mol. The van der Waals surface area contributed by atoms with E-state index in [1.54, 1.807) is 0 Å². The fourth-order valence-electron chi connectivity index (χ4n) is 0.388. The molecule has 1 heteroatoms. The van der Waals surface area contributed by atoms with Crippen LogP contribution in [-0.2, 0) is 0 Å². The Morgan fingerprint density at radius 3 is 2.89 bits per heavy atom. The molecule has 0 heterocycles. The highest BCUT2D eigenvalue weighted by molar-refractivity contribution is 5.02. The summed E-state index contributed by atoms with van der Waals surface area (Å²) in [4.78, 5) is 0. The van der Waals surface area contributed by atoms with E-state index in [1.165, 1.54) is 0 Å². The van der Waals surface area contributed by atoms with E-state index >= 15 is 0 Å². The third kappa shape index (κ3) is 7.22. The van der Waals surface area contributed by atoms with Crippen LogP contribution < -0.4 is 5.73 Å². The smallest absolute Gasteiger partial charge is 0.0110 e. The molecule has 0 amide bonds. The molecule has 0 saturated carbocycles. The average Bonchev–Trinajstić information content (AvgIpc) is 1.89. The zero-order chi connectivity index (χ0) is 6.95. The van der Waals surface area contributed by atoms with E-state index < -0.39 is 0 Å². The molecule has 2 N–H and O–H groups in total. The lowest BCUT2D eigenvalue weighted by molar-refractivity contribution is 1.23. The van der Waals surface area contributed by atoms with Crippen LogP contribution in [0.2, 0.25) is 0 Å². The zero-order valence-corrected chi connectivity index (χ0v) is 5.80. The molecule has 0 aromatic carbocycles. The van der Waals surface area contributed by atoms with Crippen LogP contribution in [0.4, 0.5) is 0 Å². The van der Waals surface area contributed by atoms with Gasteiger partial charge < -0.3 is 5.73 Å². The van der Waals surface area contributed by atoms with Crippen molar-refractivity contribution < 1.29 is 0 Å². The Kier molecular flexibility index (Phi) is 6.59. The molecule has 0 bridgehead atoms. The van der Waals surface area contributed by atoms with Gasteiger partial charge >= 0.3 is 0 Å². The van der Waals surface area contributed by atoms with E-state index in [0.717, 1.165) is 6.42 Å². The number of allylic oxidation sites excluding steroid dienone is 2. The standard InChI is InChI=1S/C8H13N/c1-2-3-4-5-6-7-8-9/h3,5-7H,2,8-9H2,1H3. The van der Waals surface area contributed by atoms with Crippen LogP contribution in [0.1, 0.15) is 13.3 Å². The molecule has 50 valence electrons. The Bertz CT molecular complexity index is 128. The molecular formula is C8H13N. The van der Waals surface area contributed by atoms with Crippen molar-refractivity contribution in [1.29, 1.82) is 0 Å². The lowest BCUT2D eigenvalue weighted by atomic mass is 10.4. The van der Waals surface area contributed by atoms with E-state index in [0.29, 0.717) is 6.54 Å². The summed E-state index contributed by atoms with van der Waals surface area (Å²) < 4.78 is 0. The molecule has 0 aliphatic rings. The van der Waals surface area contributed by atoms with Crippen LogP contribution in [0, 0.1) is 0 Å². The number of rotatable bonds is 3. The van der Waals surface area contributed by atoms with Gasteiger partial charge in [-0.25, -0.2) is 0 Å². The highest BCUT2D eigenvalue weighted by atomic mass is 14.5. The number of hydrogen-bond donors (Lipinski definition) is 1. The van der Waals surface area contributed by atoms with Crippen molar-refractivity contribution in [3.63, 3.8) is 0 Å². The van der Waals surface area contributed by atoms with Crippen molar-refractivity contribution >= 4 is 0 Å². The third-order valence-corrected chi connectivity index (χ3v) is 0.787. The minimum Gasteiger partial charge on any atom is -0.327 e. The van der Waals surface area contributed by atoms with Gasteiger partial charge in [0.25, 0.3) is 0 Å². The first-order valence-corrected chi connectivity index (χ1v) is 3.18. The van der Waals surface area contributed by atoms with E-state index in [9.17, 15) is 0 Å². The molecule has 0 aromatic heterocycles. The highest BCUT2D eigenvalue weighted by Crippen LogP contribution is 1.76. The van der Waals surface area contributed by atoms with Gasteiger partial charge in [0.05, 0.1) is 0 Å². The Balaban J connectivity index is 3.46. The highest BCUT2D eigenvalue weighted by Gasteiger charge is 1.59. The van der Waals surface area contributed by atoms with Gasteiger partial charge in [0, 0.05) is 6.54 Å². The van der Waals surface area contributed by atoms with Crippen LogP contribution in [0.25, 0.3) is 0 Å². The first kappa shape index (κ1) is 8.22. The second kappa shape index (κ2) is 7.22. The summed E-state index contributed by atoms with van der Waals surface area (Å²) in [5, 5.41) is 0. The molecule has 0 aliphatic carbocycles. The van der Waals surface area contributed by atoms with Crippen molar-refractivity contribution in [1.82, 2.24) is 0 Å². The lowest BCUT2D eigenvalue weighted by Gasteiger charge is -1.71. The van der Waals surface area contributed by atoms with Gasteiger partial charge in [-0.1, -0.05) is 19.1 Å². The normalized spacial score (nSPS) is 9.11. The molecule has 0 atom stereocenters. The van der Waals surface area contributed by atoms with Crippen LogP contribution in [0.15, 0.2) is 30.0 Å². The Morgan fingerprint density at radius 1 is 1.56 bits per heavy atom. The van der Waals surface area contributed by atoms with Gasteiger partial charge in [0.15, 0.2) is 0 Å². The van der Waals surface area contributed by atoms with Crippen molar-refractivity contribution in [2.45, 2.75) is 13.3 Å². The summed E-state index contributed by atoms with van der Waals surface area (Å²) in [6.07, 6.45) is 8.65. The fraction of sp³-hybridized carbons (Fsp3) is 0.375. The summed E-state index contributed by atoms with van der Waals surface area (Å²) in [6.45, 7) is 2.68. The van der Waals surface area contributed by atoms with E-state index in [2.05, 4.69) is 12.7 Å². The molecule has 0 fully saturated rings. The maximum Gasteiger partial charge on any atom is 0.0110 e. The number of nitrogens with two attached hydrogens (primary N) is 1. The van der Waals surface area contributed by atoms with Crippen LogP contribution >= 0.6 is 0 Å². The summed E-state index contributed by atoms with van der Waals surface area (Å²) in [5.74, 6) is 0. The molecule has 9 heavy (non-hydrogen) atoms. The second-order valence-electron chi connectivity index (χ2n) is 1.61. The van der Waals surface area contributed by atoms with Crippen molar-refractivity contribution in [2.75, 3.05) is 6.54 Å². The maximum absolute atomic E-state index is 5.20. The Morgan fingerprint density at radius 2 is 2.33 bits per heavy atom. The first-order valence-electron chi connectivity index (χ1n) is 3.18. The van der Waals surface area contributed by atoms with Gasteiger partial charge in [0.2, 0.25) is 0 Å². The largest absolute Gasteiger partial charge is 0.327 e. The second-order valence-corrected chi connectivity index (χ2v) is 1.61. The van der Waals surface area contributed by atoms with E-state index in [-0.39, 0.29) is 0 Å². The summed E-state index contributed by atoms with van der Waals surface area (Å²) in [6, 6.07) is 0. The van der Waals surface area contributed by atoms with Crippen LogP contribution in [-0.4, -0.2) is 6.54 Å². The SMILES string of the molecule is CCC=C=CC=CCN. The van der Waals surface area contributed by atoms with Crippen molar-refractivity contribution in [2.24, 2.45) is 5.73 Å². The molecular weight excluding hydrogens is 110 g/mol. The first-order chi connectivity index (χ1) is 4.41. The van der Waals surface area contributed by atoms with Gasteiger partial charge in [-0.2, -0.15) is 0 Å². The molecule has 0 aromatic rings. The van der Waals surface area contributed by atoms with Gasteiger partial charge in [0.1, 0.15) is 0 Å². The zero-order valence-electron chi connectivity index (χ0n) is 5.80. The van der Waals surface area contributed by atoms with Crippen LogP contribution in [0.3, 0.4) is 0 Å². The molecule has 0 saturated heterocycles. The molecule has 0 unspecified atom stereocenters. The van der Waals surface area contributed by atoms with E-state index in [4.69, 9.17) is 5.73 Å². The molecule has 1 nitrogen and oxygen atoms in total. The average molecular weight is 123 g/mol. The Labute approximate surface area is 56.6 Å². The number of hydrogen-bond acceptors (Lipinski definition) is 1.